The van der Waals surface area contributed by atoms with Crippen molar-refractivity contribution >= 4 is 0 Å². The lowest BCUT2D eigenvalue weighted by Crippen LogP contribution is -2.13. The Bertz CT molecular complexity index is 432. The first-order chi connectivity index (χ1) is 11.7. The first-order valence-electron chi connectivity index (χ1n) is 10.1. The summed E-state index contributed by atoms with van der Waals surface area (Å²) < 4.78 is 18.2. The van der Waals surface area contributed by atoms with E-state index in [1.54, 1.807) is 0 Å². The van der Waals surface area contributed by atoms with Crippen molar-refractivity contribution in [3.05, 3.63) is 29.8 Å². The average Bonchev–Trinajstić information content (AvgIpc) is 2.61. The lowest BCUT2D eigenvalue weighted by Gasteiger charge is -2.29. The van der Waals surface area contributed by atoms with Crippen LogP contribution in [0.5, 0.6) is 5.75 Å². The molecule has 1 aliphatic rings. The van der Waals surface area contributed by atoms with E-state index in [0.29, 0.717) is 5.92 Å². The highest BCUT2D eigenvalue weighted by molar-refractivity contribution is 5.29. The molecule has 0 spiro atoms. The first-order valence-corrected chi connectivity index (χ1v) is 10.1. The highest BCUT2D eigenvalue weighted by Crippen LogP contribution is 2.38. The Morgan fingerprint density at radius 1 is 1.00 bits per heavy atom. The molecule has 0 aliphatic heterocycles. The van der Waals surface area contributed by atoms with Gasteiger partial charge in [0.05, 0.1) is 0 Å². The van der Waals surface area contributed by atoms with Crippen molar-refractivity contribution in [2.45, 2.75) is 90.1 Å². The number of alkyl halides is 1. The van der Waals surface area contributed by atoms with Crippen LogP contribution in [0.25, 0.3) is 0 Å². The zero-order valence-electron chi connectivity index (χ0n) is 15.6. The number of hydrogen-bond acceptors (Lipinski definition) is 1. The largest absolute Gasteiger partial charge is 0.491 e. The van der Waals surface area contributed by atoms with Crippen molar-refractivity contribution in [3.63, 3.8) is 0 Å². The third kappa shape index (κ3) is 6.83. The van der Waals surface area contributed by atoms with Gasteiger partial charge >= 0.3 is 0 Å². The van der Waals surface area contributed by atoms with E-state index in [1.807, 2.05) is 12.1 Å². The second-order valence-corrected chi connectivity index (χ2v) is 7.58. The quantitative estimate of drug-likeness (QED) is 0.416. The molecule has 0 radical (unpaired) electrons. The minimum absolute atomic E-state index is 0.142. The van der Waals surface area contributed by atoms with Crippen LogP contribution in [-0.4, -0.2) is 12.8 Å². The number of unbranched alkanes of at least 4 members (excludes halogenated alkanes) is 4. The van der Waals surface area contributed by atoms with Crippen molar-refractivity contribution in [2.75, 3.05) is 6.61 Å². The van der Waals surface area contributed by atoms with Crippen molar-refractivity contribution in [1.29, 1.82) is 0 Å². The molecule has 2 heteroatoms. The smallest absolute Gasteiger partial charge is 0.131 e. The third-order valence-corrected chi connectivity index (χ3v) is 5.39. The normalized spacial score (nSPS) is 22.3. The molecule has 0 saturated heterocycles. The average molecular weight is 335 g/mol. The van der Waals surface area contributed by atoms with E-state index >= 15 is 0 Å². The van der Waals surface area contributed by atoms with Gasteiger partial charge in [-0.2, -0.15) is 0 Å². The molecular formula is C22H35FO. The molecule has 2 rings (SSSR count). The molecule has 136 valence electrons. The summed E-state index contributed by atoms with van der Waals surface area (Å²) in [6.07, 6.45) is 12.9. The molecule has 0 amide bonds. The fourth-order valence-electron chi connectivity index (χ4n) is 3.87. The van der Waals surface area contributed by atoms with Crippen LogP contribution in [-0.2, 0) is 0 Å². The molecule has 1 nitrogen and oxygen atoms in total. The van der Waals surface area contributed by atoms with Gasteiger partial charge in [0.2, 0.25) is 0 Å². The Kier molecular flexibility index (Phi) is 8.63. The van der Waals surface area contributed by atoms with Crippen LogP contribution in [0.3, 0.4) is 0 Å². The van der Waals surface area contributed by atoms with E-state index in [0.717, 1.165) is 11.7 Å². The van der Waals surface area contributed by atoms with E-state index in [-0.39, 0.29) is 6.61 Å². The van der Waals surface area contributed by atoms with Gasteiger partial charge < -0.3 is 4.74 Å². The fourth-order valence-corrected chi connectivity index (χ4v) is 3.87. The molecule has 1 aromatic carbocycles. The van der Waals surface area contributed by atoms with Gasteiger partial charge in [-0.1, -0.05) is 57.6 Å². The van der Waals surface area contributed by atoms with Crippen molar-refractivity contribution in [3.8, 4) is 5.75 Å². The van der Waals surface area contributed by atoms with E-state index in [2.05, 4.69) is 19.1 Å². The highest BCUT2D eigenvalue weighted by Gasteiger charge is 2.22. The minimum atomic E-state index is -0.915. The molecule has 1 saturated carbocycles. The number of hydrogen-bond donors (Lipinski definition) is 0. The first kappa shape index (κ1) is 19.3. The summed E-state index contributed by atoms with van der Waals surface area (Å²) in [5.41, 5.74) is 1.43. The van der Waals surface area contributed by atoms with Crippen LogP contribution in [0.4, 0.5) is 4.39 Å². The summed E-state index contributed by atoms with van der Waals surface area (Å²) in [6, 6.07) is 8.34. The molecule has 1 fully saturated rings. The zero-order valence-corrected chi connectivity index (χ0v) is 15.6. The number of rotatable bonds is 10. The molecule has 0 heterocycles. The summed E-state index contributed by atoms with van der Waals surface area (Å²) in [5.74, 6) is 2.44. The van der Waals surface area contributed by atoms with E-state index in [4.69, 9.17) is 4.74 Å². The van der Waals surface area contributed by atoms with Crippen LogP contribution in [0.15, 0.2) is 24.3 Å². The van der Waals surface area contributed by atoms with Gasteiger partial charge in [-0.25, -0.2) is 4.39 Å². The Hall–Kier alpha value is -1.05. The molecule has 0 bridgehead atoms. The SMILES string of the molecule is CCCCCCCC1CCC(c2ccc(OCC(C)F)cc2)CC1. The topological polar surface area (TPSA) is 9.23 Å². The van der Waals surface area contributed by atoms with Gasteiger partial charge in [0.1, 0.15) is 18.5 Å². The van der Waals surface area contributed by atoms with Gasteiger partial charge in [0, 0.05) is 0 Å². The zero-order chi connectivity index (χ0) is 17.2. The van der Waals surface area contributed by atoms with Gasteiger partial charge in [0.15, 0.2) is 0 Å². The van der Waals surface area contributed by atoms with Crippen LogP contribution in [0.1, 0.15) is 89.5 Å². The lowest BCUT2D eigenvalue weighted by atomic mass is 9.77. The van der Waals surface area contributed by atoms with E-state index in [1.165, 1.54) is 76.7 Å². The Morgan fingerprint density at radius 3 is 2.29 bits per heavy atom. The molecule has 1 unspecified atom stereocenters. The fraction of sp³-hybridized carbons (Fsp3) is 0.727. The van der Waals surface area contributed by atoms with Crippen LogP contribution >= 0.6 is 0 Å². The second kappa shape index (κ2) is 10.7. The Morgan fingerprint density at radius 2 is 1.67 bits per heavy atom. The minimum Gasteiger partial charge on any atom is -0.491 e. The predicted octanol–water partition coefficient (Wildman–Crippen LogP) is 7.06. The van der Waals surface area contributed by atoms with Crippen LogP contribution in [0.2, 0.25) is 0 Å². The maximum Gasteiger partial charge on any atom is 0.131 e. The Balaban J connectivity index is 1.68. The molecule has 1 aliphatic carbocycles. The Labute approximate surface area is 148 Å². The van der Waals surface area contributed by atoms with Gasteiger partial charge in [-0.3, -0.25) is 0 Å². The van der Waals surface area contributed by atoms with Crippen LogP contribution < -0.4 is 4.74 Å². The number of halogens is 1. The molecule has 24 heavy (non-hydrogen) atoms. The van der Waals surface area contributed by atoms with E-state index in [9.17, 15) is 4.39 Å². The summed E-state index contributed by atoms with van der Waals surface area (Å²) in [6.45, 7) is 3.95. The maximum atomic E-state index is 12.8. The lowest BCUT2D eigenvalue weighted by molar-refractivity contribution is 0.209. The third-order valence-electron chi connectivity index (χ3n) is 5.39. The predicted molar refractivity (Wildman–Crippen MR) is 101 cm³/mol. The maximum absolute atomic E-state index is 12.8. The molecular weight excluding hydrogens is 299 g/mol. The van der Waals surface area contributed by atoms with Gasteiger partial charge in [0.25, 0.3) is 0 Å². The molecule has 1 aromatic rings. The van der Waals surface area contributed by atoms with Crippen molar-refractivity contribution in [1.82, 2.24) is 0 Å². The molecule has 0 aromatic heterocycles. The summed E-state index contributed by atoms with van der Waals surface area (Å²) in [4.78, 5) is 0. The molecule has 1 atom stereocenters. The summed E-state index contributed by atoms with van der Waals surface area (Å²) in [5, 5.41) is 0. The highest BCUT2D eigenvalue weighted by atomic mass is 19.1. The van der Waals surface area contributed by atoms with E-state index < -0.39 is 6.17 Å². The second-order valence-electron chi connectivity index (χ2n) is 7.58. The summed E-state index contributed by atoms with van der Waals surface area (Å²) in [7, 11) is 0. The number of benzene rings is 1. The standard InChI is InChI=1S/C22H35FO/c1-3-4-5-6-7-8-19-9-11-20(12-10-19)21-13-15-22(16-14-21)24-17-18(2)23/h13-16,18-20H,3-12,17H2,1-2H3. The molecule has 0 N–H and O–H groups in total. The van der Waals surface area contributed by atoms with Crippen LogP contribution in [0, 0.1) is 5.92 Å². The summed E-state index contributed by atoms with van der Waals surface area (Å²) >= 11 is 0. The number of ether oxygens (including phenoxy) is 1. The monoisotopic (exact) mass is 334 g/mol. The van der Waals surface area contributed by atoms with Crippen molar-refractivity contribution < 1.29 is 9.13 Å². The van der Waals surface area contributed by atoms with Gasteiger partial charge in [-0.15, -0.1) is 0 Å². The van der Waals surface area contributed by atoms with Gasteiger partial charge in [-0.05, 0) is 62.1 Å². The van der Waals surface area contributed by atoms with Crippen molar-refractivity contribution in [2.24, 2.45) is 5.92 Å².